The molecule has 1 aliphatic rings. The molecule has 2 heterocycles. The summed E-state index contributed by atoms with van der Waals surface area (Å²) in [6.07, 6.45) is 1.13. The van der Waals surface area contributed by atoms with E-state index in [1.807, 2.05) is 11.3 Å². The zero-order valence-corrected chi connectivity index (χ0v) is 13.3. The minimum absolute atomic E-state index is 0.958. The first-order chi connectivity index (χ1) is 9.24. The van der Waals surface area contributed by atoms with Gasteiger partial charge in [0.25, 0.3) is 0 Å². The molecule has 0 atom stereocenters. The smallest absolute Gasteiger partial charge is 0.119 e. The lowest BCUT2D eigenvalue weighted by Gasteiger charge is -2.28. The van der Waals surface area contributed by atoms with E-state index in [1.165, 1.54) is 19.8 Å². The number of hydrogen-bond donors (Lipinski definition) is 0. The quantitative estimate of drug-likeness (QED) is 0.836. The predicted molar refractivity (Wildman–Crippen MR) is 82.8 cm³/mol. The van der Waals surface area contributed by atoms with Crippen LogP contribution >= 0.6 is 27.3 Å². The summed E-state index contributed by atoms with van der Waals surface area (Å²) < 4.78 is 6.52. The van der Waals surface area contributed by atoms with E-state index in [-0.39, 0.29) is 0 Å². The van der Waals surface area contributed by atoms with Crippen LogP contribution in [0.25, 0.3) is 0 Å². The van der Waals surface area contributed by atoms with Crippen molar-refractivity contribution >= 4 is 27.3 Å². The Balaban J connectivity index is 1.74. The van der Waals surface area contributed by atoms with Gasteiger partial charge in [0.1, 0.15) is 5.75 Å². The number of methoxy groups -OCH3 is 1. The number of benzene rings is 1. The number of thiophene rings is 1. The maximum absolute atomic E-state index is 5.31. The topological polar surface area (TPSA) is 12.5 Å². The van der Waals surface area contributed by atoms with E-state index in [2.05, 4.69) is 51.2 Å². The highest BCUT2D eigenvalue weighted by Gasteiger charge is 2.17. The average molecular weight is 338 g/mol. The van der Waals surface area contributed by atoms with Gasteiger partial charge in [0, 0.05) is 24.5 Å². The maximum atomic E-state index is 5.31. The fourth-order valence-electron chi connectivity index (χ4n) is 2.51. The van der Waals surface area contributed by atoms with Gasteiger partial charge < -0.3 is 4.74 Å². The Hall–Kier alpha value is -0.840. The number of ether oxygens (including phenoxy) is 1. The Labute approximate surface area is 126 Å². The van der Waals surface area contributed by atoms with Crippen LogP contribution in [0, 0.1) is 0 Å². The molecule has 0 saturated carbocycles. The molecule has 2 nitrogen and oxygen atoms in total. The van der Waals surface area contributed by atoms with Crippen molar-refractivity contribution in [3.05, 3.63) is 50.1 Å². The first kappa shape index (κ1) is 13.2. The summed E-state index contributed by atoms with van der Waals surface area (Å²) in [5.41, 5.74) is 2.87. The number of halogens is 1. The summed E-state index contributed by atoms with van der Waals surface area (Å²) >= 11 is 5.35. The van der Waals surface area contributed by atoms with Crippen molar-refractivity contribution in [2.45, 2.75) is 19.5 Å². The summed E-state index contributed by atoms with van der Waals surface area (Å²) in [6.45, 7) is 3.18. The number of nitrogens with zero attached hydrogens (tertiary/aromatic N) is 1. The Morgan fingerprint density at radius 1 is 1.26 bits per heavy atom. The number of rotatable bonds is 3. The molecule has 2 aromatic rings. The van der Waals surface area contributed by atoms with Crippen LogP contribution in [0.4, 0.5) is 0 Å². The second-order valence-corrected chi connectivity index (χ2v) is 7.35. The lowest BCUT2D eigenvalue weighted by atomic mass is 9.99. The lowest BCUT2D eigenvalue weighted by molar-refractivity contribution is 0.247. The molecule has 4 heteroatoms. The number of fused-ring (bicyclic) bond motifs is 1. The fraction of sp³-hybridized carbons (Fsp3) is 0.333. The molecule has 0 bridgehead atoms. The Morgan fingerprint density at radius 3 is 2.89 bits per heavy atom. The number of hydrogen-bond acceptors (Lipinski definition) is 3. The SMILES string of the molecule is COc1ccc2c(c1)CN(Cc1ccc(Br)s1)CC2. The highest BCUT2D eigenvalue weighted by atomic mass is 79.9. The molecule has 0 saturated heterocycles. The van der Waals surface area contributed by atoms with E-state index in [0.717, 1.165) is 31.8 Å². The first-order valence-electron chi connectivity index (χ1n) is 6.37. The van der Waals surface area contributed by atoms with Gasteiger partial charge in [-0.25, -0.2) is 0 Å². The summed E-state index contributed by atoms with van der Waals surface area (Å²) in [5.74, 6) is 0.958. The molecule has 0 N–H and O–H groups in total. The van der Waals surface area contributed by atoms with Crippen molar-refractivity contribution < 1.29 is 4.74 Å². The molecule has 1 aromatic carbocycles. The largest absolute Gasteiger partial charge is 0.497 e. The molecular formula is C15H16BrNOS. The van der Waals surface area contributed by atoms with Crippen molar-refractivity contribution in [1.82, 2.24) is 4.90 Å². The van der Waals surface area contributed by atoms with Gasteiger partial charge in [0.2, 0.25) is 0 Å². The second-order valence-electron chi connectivity index (χ2n) is 4.80. The second kappa shape index (κ2) is 5.65. The first-order valence-corrected chi connectivity index (χ1v) is 7.98. The third-order valence-corrected chi connectivity index (χ3v) is 5.12. The van der Waals surface area contributed by atoms with Crippen LogP contribution in [0.2, 0.25) is 0 Å². The highest BCUT2D eigenvalue weighted by molar-refractivity contribution is 9.11. The van der Waals surface area contributed by atoms with Crippen molar-refractivity contribution in [1.29, 1.82) is 0 Å². The summed E-state index contributed by atoms with van der Waals surface area (Å²) in [6, 6.07) is 10.8. The molecule has 1 aromatic heterocycles. The normalized spacial score (nSPS) is 15.3. The lowest BCUT2D eigenvalue weighted by Crippen LogP contribution is -2.29. The molecule has 0 radical (unpaired) electrons. The molecule has 19 heavy (non-hydrogen) atoms. The molecule has 3 rings (SSSR count). The molecule has 0 unspecified atom stereocenters. The van der Waals surface area contributed by atoms with Crippen molar-refractivity contribution in [3.63, 3.8) is 0 Å². The zero-order chi connectivity index (χ0) is 13.2. The molecule has 0 spiro atoms. The third-order valence-electron chi connectivity index (χ3n) is 3.51. The van der Waals surface area contributed by atoms with Gasteiger partial charge in [-0.2, -0.15) is 0 Å². The Bertz CT molecular complexity index is 581. The van der Waals surface area contributed by atoms with Gasteiger partial charge in [0.15, 0.2) is 0 Å². The van der Waals surface area contributed by atoms with Gasteiger partial charge in [-0.05, 0) is 57.7 Å². The van der Waals surface area contributed by atoms with Gasteiger partial charge in [-0.15, -0.1) is 11.3 Å². The summed E-state index contributed by atoms with van der Waals surface area (Å²) in [7, 11) is 1.73. The van der Waals surface area contributed by atoms with E-state index in [1.54, 1.807) is 7.11 Å². The van der Waals surface area contributed by atoms with Crippen LogP contribution in [-0.4, -0.2) is 18.6 Å². The highest BCUT2D eigenvalue weighted by Crippen LogP contribution is 2.27. The minimum Gasteiger partial charge on any atom is -0.497 e. The van der Waals surface area contributed by atoms with E-state index >= 15 is 0 Å². The van der Waals surface area contributed by atoms with Gasteiger partial charge >= 0.3 is 0 Å². The molecule has 0 aliphatic carbocycles. The Kier molecular flexibility index (Phi) is 3.91. The van der Waals surface area contributed by atoms with E-state index in [0.29, 0.717) is 0 Å². The van der Waals surface area contributed by atoms with Crippen molar-refractivity contribution in [2.24, 2.45) is 0 Å². The minimum atomic E-state index is 0.958. The van der Waals surface area contributed by atoms with E-state index in [9.17, 15) is 0 Å². The van der Waals surface area contributed by atoms with Crippen LogP contribution in [0.5, 0.6) is 5.75 Å². The average Bonchev–Trinajstić information content (AvgIpc) is 2.83. The summed E-state index contributed by atoms with van der Waals surface area (Å²) in [4.78, 5) is 3.92. The molecule has 0 fully saturated rings. The van der Waals surface area contributed by atoms with E-state index < -0.39 is 0 Å². The van der Waals surface area contributed by atoms with Crippen molar-refractivity contribution in [3.8, 4) is 5.75 Å². The molecule has 1 aliphatic heterocycles. The van der Waals surface area contributed by atoms with Crippen LogP contribution in [0.15, 0.2) is 34.1 Å². The van der Waals surface area contributed by atoms with Crippen LogP contribution < -0.4 is 4.74 Å². The van der Waals surface area contributed by atoms with E-state index in [4.69, 9.17) is 4.74 Å². The fourth-order valence-corrected chi connectivity index (χ4v) is 4.04. The molecule has 100 valence electrons. The van der Waals surface area contributed by atoms with Gasteiger partial charge in [0.05, 0.1) is 10.9 Å². The van der Waals surface area contributed by atoms with Crippen LogP contribution in [-0.2, 0) is 19.5 Å². The summed E-state index contributed by atoms with van der Waals surface area (Å²) in [5, 5.41) is 0. The van der Waals surface area contributed by atoms with Gasteiger partial charge in [-0.3, -0.25) is 4.90 Å². The maximum Gasteiger partial charge on any atom is 0.119 e. The van der Waals surface area contributed by atoms with Crippen molar-refractivity contribution in [2.75, 3.05) is 13.7 Å². The standard InChI is InChI=1S/C15H16BrNOS/c1-18-13-3-2-11-6-7-17(9-12(11)8-13)10-14-4-5-15(16)19-14/h2-5,8H,6-7,9-10H2,1H3. The van der Waals surface area contributed by atoms with Gasteiger partial charge in [-0.1, -0.05) is 6.07 Å². The zero-order valence-electron chi connectivity index (χ0n) is 10.9. The molecule has 0 amide bonds. The monoisotopic (exact) mass is 337 g/mol. The van der Waals surface area contributed by atoms with Crippen LogP contribution in [0.3, 0.4) is 0 Å². The Morgan fingerprint density at radius 2 is 2.16 bits per heavy atom. The molecular weight excluding hydrogens is 322 g/mol. The van der Waals surface area contributed by atoms with Crippen LogP contribution in [0.1, 0.15) is 16.0 Å². The predicted octanol–water partition coefficient (Wildman–Crippen LogP) is 4.08. The third kappa shape index (κ3) is 3.02.